The van der Waals surface area contributed by atoms with E-state index < -0.39 is 23.8 Å². The third-order valence-corrected chi connectivity index (χ3v) is 3.31. The predicted octanol–water partition coefficient (Wildman–Crippen LogP) is 0.686. The lowest BCUT2D eigenvalue weighted by Gasteiger charge is -2.22. The van der Waals surface area contributed by atoms with Crippen LogP contribution in [0, 0.1) is 36.0 Å². The molecule has 2 bridgehead atoms. The average molecular weight is 220 g/mol. The van der Waals surface area contributed by atoms with Crippen LogP contribution in [0.25, 0.3) is 0 Å². The number of ether oxygens (including phenoxy) is 1. The van der Waals surface area contributed by atoms with Crippen LogP contribution in [-0.4, -0.2) is 23.7 Å². The van der Waals surface area contributed by atoms with Gasteiger partial charge in [-0.25, -0.2) is 0 Å². The number of hydrogen-bond acceptors (Lipinski definition) is 3. The maximum Gasteiger partial charge on any atom is 0.311 e. The second-order valence-corrected chi connectivity index (χ2v) is 4.15. The third kappa shape index (κ3) is 1.58. The minimum absolute atomic E-state index is 0.00336. The zero-order valence-corrected chi connectivity index (χ0v) is 8.63. The van der Waals surface area contributed by atoms with Gasteiger partial charge in [0.1, 0.15) is 0 Å². The molecule has 2 aliphatic carbocycles. The number of rotatable bonds is 3. The van der Waals surface area contributed by atoms with Crippen molar-refractivity contribution in [2.45, 2.75) is 6.42 Å². The molecule has 2 rings (SSSR count). The second kappa shape index (κ2) is 4.01. The monoisotopic (exact) mass is 220 g/mol. The maximum atomic E-state index is 11.7. The summed E-state index contributed by atoms with van der Waals surface area (Å²) < 4.78 is 4.84. The molecule has 4 atom stereocenters. The van der Waals surface area contributed by atoms with E-state index in [1.807, 2.05) is 12.2 Å². The normalized spacial score (nSPS) is 34.7. The van der Waals surface area contributed by atoms with Gasteiger partial charge < -0.3 is 9.84 Å². The predicted molar refractivity (Wildman–Crippen MR) is 55.1 cm³/mol. The quantitative estimate of drug-likeness (QED) is 0.431. The molecule has 1 saturated carbocycles. The molecule has 0 amide bonds. The van der Waals surface area contributed by atoms with Gasteiger partial charge >= 0.3 is 11.9 Å². The zero-order chi connectivity index (χ0) is 11.7. The number of carboxylic acids is 1. The van der Waals surface area contributed by atoms with Crippen molar-refractivity contribution in [2.75, 3.05) is 6.61 Å². The minimum atomic E-state index is -0.931. The van der Waals surface area contributed by atoms with Gasteiger partial charge in [0, 0.05) is 0 Å². The molecule has 0 saturated heterocycles. The fourth-order valence-corrected chi connectivity index (χ4v) is 2.69. The summed E-state index contributed by atoms with van der Waals surface area (Å²) in [5, 5.41) is 9.10. The van der Waals surface area contributed by atoms with Crippen LogP contribution in [-0.2, 0) is 14.3 Å². The van der Waals surface area contributed by atoms with Crippen LogP contribution >= 0.6 is 0 Å². The summed E-state index contributed by atoms with van der Waals surface area (Å²) in [6, 6.07) is 0. The molecule has 2 aliphatic rings. The second-order valence-electron chi connectivity index (χ2n) is 4.15. The molecule has 0 aliphatic heterocycles. The van der Waals surface area contributed by atoms with Crippen LogP contribution in [0.2, 0.25) is 0 Å². The van der Waals surface area contributed by atoms with Crippen molar-refractivity contribution in [1.29, 1.82) is 0 Å². The standard InChI is InChI=1S/C12H12O4/c1-2-5-16-12(15)10-8-4-3-7(6-8)9(10)11(13)14/h1,3-4,7-10H,5-6H2,(H,13,14)/t7-,8-,9-,10-/m0/s1. The SMILES string of the molecule is C#CCOC(=O)[C@@H]1[C@@H](C(=O)O)[C@H]2C=C[C@H]1C2. The van der Waals surface area contributed by atoms with Crippen molar-refractivity contribution in [3.05, 3.63) is 12.2 Å². The molecule has 1 N–H and O–H groups in total. The van der Waals surface area contributed by atoms with Crippen molar-refractivity contribution in [3.8, 4) is 12.3 Å². The molecular weight excluding hydrogens is 208 g/mol. The fraction of sp³-hybridized carbons (Fsp3) is 0.500. The molecule has 0 spiro atoms. The summed E-state index contributed by atoms with van der Waals surface area (Å²) in [6.07, 6.45) is 9.51. The van der Waals surface area contributed by atoms with Gasteiger partial charge in [-0.1, -0.05) is 18.1 Å². The lowest BCUT2D eigenvalue weighted by molar-refractivity contribution is -0.157. The molecule has 0 aromatic rings. The fourth-order valence-electron chi connectivity index (χ4n) is 2.69. The van der Waals surface area contributed by atoms with Crippen LogP contribution in [0.4, 0.5) is 0 Å². The van der Waals surface area contributed by atoms with E-state index in [0.29, 0.717) is 0 Å². The Morgan fingerprint density at radius 1 is 1.38 bits per heavy atom. The van der Waals surface area contributed by atoms with Crippen molar-refractivity contribution in [1.82, 2.24) is 0 Å². The molecule has 16 heavy (non-hydrogen) atoms. The van der Waals surface area contributed by atoms with Crippen LogP contribution in [0.1, 0.15) is 6.42 Å². The Morgan fingerprint density at radius 2 is 2.00 bits per heavy atom. The van der Waals surface area contributed by atoms with E-state index >= 15 is 0 Å². The number of carbonyl (C=O) groups excluding carboxylic acids is 1. The first kappa shape index (κ1) is 10.7. The number of fused-ring (bicyclic) bond motifs is 2. The molecule has 0 radical (unpaired) electrons. The van der Waals surface area contributed by atoms with E-state index in [1.54, 1.807) is 0 Å². The molecule has 0 aromatic heterocycles. The van der Waals surface area contributed by atoms with Gasteiger partial charge in [0.25, 0.3) is 0 Å². The van der Waals surface area contributed by atoms with Gasteiger partial charge in [0.2, 0.25) is 0 Å². The lowest BCUT2D eigenvalue weighted by atomic mass is 9.83. The van der Waals surface area contributed by atoms with Crippen LogP contribution in [0.15, 0.2) is 12.2 Å². The van der Waals surface area contributed by atoms with Crippen LogP contribution in [0.5, 0.6) is 0 Å². The van der Waals surface area contributed by atoms with Gasteiger partial charge in [-0.2, -0.15) is 0 Å². The van der Waals surface area contributed by atoms with Gasteiger partial charge in [0.15, 0.2) is 6.61 Å². The summed E-state index contributed by atoms with van der Waals surface area (Å²) >= 11 is 0. The molecule has 4 nitrogen and oxygen atoms in total. The molecule has 0 unspecified atom stereocenters. The summed E-state index contributed by atoms with van der Waals surface area (Å²) in [5.74, 6) is -0.474. The summed E-state index contributed by atoms with van der Waals surface area (Å²) in [7, 11) is 0. The summed E-state index contributed by atoms with van der Waals surface area (Å²) in [5.41, 5.74) is 0. The first-order valence-corrected chi connectivity index (χ1v) is 5.16. The highest BCUT2D eigenvalue weighted by Crippen LogP contribution is 2.48. The first-order chi connectivity index (χ1) is 7.65. The Bertz CT molecular complexity index is 390. The number of allylic oxidation sites excluding steroid dienone is 2. The van der Waals surface area contributed by atoms with Gasteiger partial charge in [-0.3, -0.25) is 9.59 Å². The maximum absolute atomic E-state index is 11.7. The summed E-state index contributed by atoms with van der Waals surface area (Å²) in [4.78, 5) is 22.8. The Balaban J connectivity index is 2.14. The van der Waals surface area contributed by atoms with Gasteiger partial charge in [-0.15, -0.1) is 6.42 Å². The number of carbonyl (C=O) groups is 2. The highest BCUT2D eigenvalue weighted by atomic mass is 16.5. The number of aliphatic carboxylic acids is 1. The van der Waals surface area contributed by atoms with Crippen LogP contribution in [0.3, 0.4) is 0 Å². The number of hydrogen-bond donors (Lipinski definition) is 1. The number of terminal acetylenes is 1. The Morgan fingerprint density at radius 3 is 2.56 bits per heavy atom. The molecule has 84 valence electrons. The molecule has 0 aromatic carbocycles. The van der Waals surface area contributed by atoms with Gasteiger partial charge in [0.05, 0.1) is 11.8 Å². The topological polar surface area (TPSA) is 63.6 Å². The minimum Gasteiger partial charge on any atom is -0.481 e. The van der Waals surface area contributed by atoms with Crippen molar-refractivity contribution in [3.63, 3.8) is 0 Å². The first-order valence-electron chi connectivity index (χ1n) is 5.16. The lowest BCUT2D eigenvalue weighted by Crippen LogP contribution is -2.34. The summed E-state index contributed by atoms with van der Waals surface area (Å²) in [6.45, 7) is -0.0945. The molecule has 0 heterocycles. The van der Waals surface area contributed by atoms with E-state index in [4.69, 9.17) is 16.3 Å². The van der Waals surface area contributed by atoms with E-state index in [9.17, 15) is 9.59 Å². The third-order valence-electron chi connectivity index (χ3n) is 3.31. The highest BCUT2D eigenvalue weighted by molar-refractivity contribution is 5.83. The highest BCUT2D eigenvalue weighted by Gasteiger charge is 2.52. The van der Waals surface area contributed by atoms with Crippen molar-refractivity contribution < 1.29 is 19.4 Å². The molecule has 4 heteroatoms. The van der Waals surface area contributed by atoms with E-state index in [1.165, 1.54) is 0 Å². The van der Waals surface area contributed by atoms with E-state index in [2.05, 4.69) is 5.92 Å². The molecule has 1 fully saturated rings. The number of esters is 1. The van der Waals surface area contributed by atoms with Crippen molar-refractivity contribution in [2.24, 2.45) is 23.7 Å². The molecular formula is C12H12O4. The van der Waals surface area contributed by atoms with Gasteiger partial charge in [-0.05, 0) is 18.3 Å². The van der Waals surface area contributed by atoms with Crippen molar-refractivity contribution >= 4 is 11.9 Å². The Labute approximate surface area is 93.3 Å². The van der Waals surface area contributed by atoms with Crippen LogP contribution < -0.4 is 0 Å². The van der Waals surface area contributed by atoms with E-state index in [-0.39, 0.29) is 18.4 Å². The smallest absolute Gasteiger partial charge is 0.311 e. The Hall–Kier alpha value is -1.76. The average Bonchev–Trinajstić information content (AvgIpc) is 2.84. The van der Waals surface area contributed by atoms with E-state index in [0.717, 1.165) is 6.42 Å². The largest absolute Gasteiger partial charge is 0.481 e. The zero-order valence-electron chi connectivity index (χ0n) is 8.63. The number of carboxylic acid groups (broad SMARTS) is 1. The Kier molecular flexibility index (Phi) is 2.69.